The van der Waals surface area contributed by atoms with Crippen LogP contribution in [-0.4, -0.2) is 8.42 Å². The van der Waals surface area contributed by atoms with Gasteiger partial charge in [0.15, 0.2) is 0 Å². The monoisotopic (exact) mass is 328 g/mol. The molecule has 0 saturated heterocycles. The molecule has 2 aromatic carbocycles. The van der Waals surface area contributed by atoms with Crippen LogP contribution in [0.5, 0.6) is 0 Å². The zero-order valence-corrected chi connectivity index (χ0v) is 12.8. The minimum Gasteiger partial charge on any atom is -0.397 e. The molecule has 0 aromatic heterocycles. The second-order valence-electron chi connectivity index (χ2n) is 4.56. The maximum Gasteiger partial charge on any atom is 0.241 e. The van der Waals surface area contributed by atoms with E-state index in [2.05, 4.69) is 4.72 Å². The van der Waals surface area contributed by atoms with E-state index in [0.29, 0.717) is 10.6 Å². The van der Waals surface area contributed by atoms with E-state index in [-0.39, 0.29) is 22.7 Å². The summed E-state index contributed by atoms with van der Waals surface area (Å²) in [6.07, 6.45) is 0. The van der Waals surface area contributed by atoms with Crippen molar-refractivity contribution >= 4 is 27.3 Å². The number of hydrogen-bond acceptors (Lipinski definition) is 3. The molecule has 0 spiro atoms. The van der Waals surface area contributed by atoms with Crippen LogP contribution in [0.25, 0.3) is 0 Å². The van der Waals surface area contributed by atoms with Gasteiger partial charge in [-0.1, -0.05) is 29.8 Å². The number of anilines is 1. The van der Waals surface area contributed by atoms with Crippen molar-refractivity contribution in [3.05, 3.63) is 58.4 Å². The summed E-state index contributed by atoms with van der Waals surface area (Å²) in [6, 6.07) is 8.74. The molecule has 0 unspecified atom stereocenters. The van der Waals surface area contributed by atoms with Gasteiger partial charge in [0, 0.05) is 12.1 Å². The van der Waals surface area contributed by atoms with Crippen LogP contribution < -0.4 is 10.5 Å². The first-order chi connectivity index (χ1) is 9.81. The summed E-state index contributed by atoms with van der Waals surface area (Å²) in [5.74, 6) is -0.465. The van der Waals surface area contributed by atoms with Gasteiger partial charge in [-0.3, -0.25) is 0 Å². The average Bonchev–Trinajstić information content (AvgIpc) is 2.42. The number of sulfonamides is 1. The molecule has 112 valence electrons. The molecule has 0 aliphatic rings. The fourth-order valence-electron chi connectivity index (χ4n) is 1.85. The van der Waals surface area contributed by atoms with Crippen molar-refractivity contribution in [3.63, 3.8) is 0 Å². The van der Waals surface area contributed by atoms with Crippen LogP contribution in [-0.2, 0) is 16.6 Å². The van der Waals surface area contributed by atoms with Crippen molar-refractivity contribution in [2.24, 2.45) is 0 Å². The SMILES string of the molecule is Cc1cc(Cl)c(N)cc1S(=O)(=O)NCc1ccccc1F. The van der Waals surface area contributed by atoms with Gasteiger partial charge >= 0.3 is 0 Å². The van der Waals surface area contributed by atoms with Crippen molar-refractivity contribution in [2.45, 2.75) is 18.4 Å². The van der Waals surface area contributed by atoms with Gasteiger partial charge in [0.1, 0.15) is 5.82 Å². The minimum absolute atomic E-state index is 0.0285. The molecule has 4 nitrogen and oxygen atoms in total. The first-order valence-electron chi connectivity index (χ1n) is 6.10. The standard InChI is InChI=1S/C14H14ClFN2O2S/c1-9-6-11(15)13(17)7-14(9)21(19,20)18-8-10-4-2-3-5-12(10)16/h2-7,18H,8,17H2,1H3. The molecule has 21 heavy (non-hydrogen) atoms. The van der Waals surface area contributed by atoms with E-state index in [1.807, 2.05) is 0 Å². The maximum absolute atomic E-state index is 13.5. The fraction of sp³-hybridized carbons (Fsp3) is 0.143. The summed E-state index contributed by atoms with van der Waals surface area (Å²) >= 11 is 5.84. The molecule has 0 atom stereocenters. The summed E-state index contributed by atoms with van der Waals surface area (Å²) < 4.78 is 40.4. The Balaban J connectivity index is 2.27. The Morgan fingerprint density at radius 1 is 1.29 bits per heavy atom. The van der Waals surface area contributed by atoms with Crippen LogP contribution in [0, 0.1) is 12.7 Å². The first kappa shape index (κ1) is 15.8. The Hall–Kier alpha value is -1.63. The number of rotatable bonds is 4. The van der Waals surface area contributed by atoms with E-state index in [9.17, 15) is 12.8 Å². The van der Waals surface area contributed by atoms with Crippen LogP contribution >= 0.6 is 11.6 Å². The van der Waals surface area contributed by atoms with Gasteiger partial charge in [-0.25, -0.2) is 17.5 Å². The topological polar surface area (TPSA) is 72.2 Å². The molecule has 0 aliphatic heterocycles. The molecule has 0 radical (unpaired) electrons. The molecular formula is C14H14ClFN2O2S. The van der Waals surface area contributed by atoms with Crippen molar-refractivity contribution < 1.29 is 12.8 Å². The van der Waals surface area contributed by atoms with Crippen LogP contribution in [0.1, 0.15) is 11.1 Å². The van der Waals surface area contributed by atoms with Gasteiger partial charge in [0.25, 0.3) is 0 Å². The Bertz CT molecular complexity index is 779. The lowest BCUT2D eigenvalue weighted by Gasteiger charge is -2.11. The molecular weight excluding hydrogens is 315 g/mol. The first-order valence-corrected chi connectivity index (χ1v) is 7.96. The summed E-state index contributed by atoms with van der Waals surface area (Å²) in [7, 11) is -3.80. The molecule has 7 heteroatoms. The molecule has 2 aromatic rings. The average molecular weight is 329 g/mol. The Kier molecular flexibility index (Phi) is 4.51. The summed E-state index contributed by atoms with van der Waals surface area (Å²) in [6.45, 7) is 1.47. The number of aryl methyl sites for hydroxylation is 1. The summed E-state index contributed by atoms with van der Waals surface area (Å²) in [5, 5.41) is 0.292. The number of benzene rings is 2. The van der Waals surface area contributed by atoms with Gasteiger partial charge in [-0.15, -0.1) is 0 Å². The molecule has 0 heterocycles. The van der Waals surface area contributed by atoms with Gasteiger partial charge in [0.05, 0.1) is 15.6 Å². The van der Waals surface area contributed by atoms with Crippen LogP contribution in [0.2, 0.25) is 5.02 Å². The van der Waals surface area contributed by atoms with Crippen molar-refractivity contribution in [1.82, 2.24) is 4.72 Å². The molecule has 0 bridgehead atoms. The molecule has 0 saturated carbocycles. The fourth-order valence-corrected chi connectivity index (χ4v) is 3.33. The Morgan fingerprint density at radius 2 is 1.95 bits per heavy atom. The van der Waals surface area contributed by atoms with Crippen LogP contribution in [0.15, 0.2) is 41.3 Å². The lowest BCUT2D eigenvalue weighted by Crippen LogP contribution is -2.24. The van der Waals surface area contributed by atoms with E-state index in [4.69, 9.17) is 17.3 Å². The van der Waals surface area contributed by atoms with Gasteiger partial charge in [0.2, 0.25) is 10.0 Å². The van der Waals surface area contributed by atoms with Gasteiger partial charge in [-0.05, 0) is 30.7 Å². The van der Waals surface area contributed by atoms with E-state index >= 15 is 0 Å². The lowest BCUT2D eigenvalue weighted by atomic mass is 10.2. The van der Waals surface area contributed by atoms with E-state index in [1.54, 1.807) is 13.0 Å². The number of nitrogens with two attached hydrogens (primary N) is 1. The highest BCUT2D eigenvalue weighted by atomic mass is 35.5. The normalized spacial score (nSPS) is 11.6. The molecule has 0 amide bonds. The van der Waals surface area contributed by atoms with Crippen LogP contribution in [0.3, 0.4) is 0 Å². The smallest absolute Gasteiger partial charge is 0.241 e. The number of halogens is 2. The number of nitrogens with one attached hydrogen (secondary N) is 1. The predicted molar refractivity (Wildman–Crippen MR) is 81.0 cm³/mol. The van der Waals surface area contributed by atoms with Crippen molar-refractivity contribution in [3.8, 4) is 0 Å². The molecule has 2 rings (SSSR count). The highest BCUT2D eigenvalue weighted by molar-refractivity contribution is 7.89. The zero-order chi connectivity index (χ0) is 15.6. The quantitative estimate of drug-likeness (QED) is 0.848. The maximum atomic E-state index is 13.5. The van der Waals surface area contributed by atoms with Gasteiger partial charge in [-0.2, -0.15) is 0 Å². The lowest BCUT2D eigenvalue weighted by molar-refractivity contribution is 0.574. The Labute approximate surface area is 127 Å². The minimum atomic E-state index is -3.80. The summed E-state index contributed by atoms with van der Waals surface area (Å²) in [5.41, 5.74) is 6.54. The third kappa shape index (κ3) is 3.53. The van der Waals surface area contributed by atoms with E-state index in [1.165, 1.54) is 30.3 Å². The van der Waals surface area contributed by atoms with E-state index < -0.39 is 15.8 Å². The molecule has 0 aliphatic carbocycles. The second kappa shape index (κ2) is 6.01. The van der Waals surface area contributed by atoms with Crippen molar-refractivity contribution in [1.29, 1.82) is 0 Å². The predicted octanol–water partition coefficient (Wildman–Crippen LogP) is 2.85. The summed E-state index contributed by atoms with van der Waals surface area (Å²) in [4.78, 5) is 0.0285. The largest absolute Gasteiger partial charge is 0.397 e. The molecule has 0 fully saturated rings. The van der Waals surface area contributed by atoms with Gasteiger partial charge < -0.3 is 5.73 Å². The second-order valence-corrected chi connectivity index (χ2v) is 6.70. The van der Waals surface area contributed by atoms with Crippen LogP contribution in [0.4, 0.5) is 10.1 Å². The Morgan fingerprint density at radius 3 is 2.62 bits per heavy atom. The zero-order valence-electron chi connectivity index (χ0n) is 11.2. The number of hydrogen-bond donors (Lipinski definition) is 2. The third-order valence-electron chi connectivity index (χ3n) is 2.99. The van der Waals surface area contributed by atoms with E-state index in [0.717, 1.165) is 0 Å². The highest BCUT2D eigenvalue weighted by Gasteiger charge is 2.18. The highest BCUT2D eigenvalue weighted by Crippen LogP contribution is 2.26. The molecule has 3 N–H and O–H groups in total. The number of nitrogen functional groups attached to an aromatic ring is 1. The third-order valence-corrected chi connectivity index (χ3v) is 4.86. The van der Waals surface area contributed by atoms with Crippen molar-refractivity contribution in [2.75, 3.05) is 5.73 Å².